The van der Waals surface area contributed by atoms with Gasteiger partial charge in [0.1, 0.15) is 11.5 Å². The zero-order chi connectivity index (χ0) is 20.7. The Morgan fingerprint density at radius 3 is 1.96 bits per heavy atom. The number of nitrogens with one attached hydrogen (secondary N) is 2. The Balaban J connectivity index is 1.92. The molecular formula is C20H24ClN3O4. The van der Waals surface area contributed by atoms with Crippen molar-refractivity contribution in [1.82, 2.24) is 4.90 Å². The molecule has 28 heavy (non-hydrogen) atoms. The predicted molar refractivity (Wildman–Crippen MR) is 110 cm³/mol. The van der Waals surface area contributed by atoms with Crippen LogP contribution in [0.4, 0.5) is 11.4 Å². The molecule has 0 bridgehead atoms. The van der Waals surface area contributed by atoms with Crippen LogP contribution in [0, 0.1) is 6.92 Å². The van der Waals surface area contributed by atoms with Crippen molar-refractivity contribution in [3.63, 3.8) is 0 Å². The summed E-state index contributed by atoms with van der Waals surface area (Å²) in [4.78, 5) is 26.2. The third kappa shape index (κ3) is 6.14. The molecular weight excluding hydrogens is 382 g/mol. The first-order valence-electron chi connectivity index (χ1n) is 8.58. The Labute approximate surface area is 169 Å². The van der Waals surface area contributed by atoms with E-state index in [0.717, 1.165) is 5.56 Å². The second-order valence-corrected chi connectivity index (χ2v) is 6.75. The SMILES string of the molecule is COc1ccc(C)cc1NC(=O)CN(C)CC(=O)Nc1cc(Cl)ccc1OC. The van der Waals surface area contributed by atoms with E-state index in [4.69, 9.17) is 21.1 Å². The van der Waals surface area contributed by atoms with Crippen molar-refractivity contribution in [2.24, 2.45) is 0 Å². The lowest BCUT2D eigenvalue weighted by atomic mass is 10.2. The molecule has 0 aliphatic carbocycles. The van der Waals surface area contributed by atoms with Gasteiger partial charge in [0.25, 0.3) is 0 Å². The molecule has 2 aromatic carbocycles. The van der Waals surface area contributed by atoms with Gasteiger partial charge in [-0.2, -0.15) is 0 Å². The quantitative estimate of drug-likeness (QED) is 0.705. The number of carbonyl (C=O) groups excluding carboxylic acids is 2. The zero-order valence-corrected chi connectivity index (χ0v) is 17.1. The number of hydrogen-bond donors (Lipinski definition) is 2. The number of rotatable bonds is 8. The molecule has 0 atom stereocenters. The largest absolute Gasteiger partial charge is 0.495 e. The molecule has 0 fully saturated rings. The van der Waals surface area contributed by atoms with Crippen LogP contribution in [0.1, 0.15) is 5.56 Å². The first-order chi connectivity index (χ1) is 13.3. The number of aryl methyl sites for hydroxylation is 1. The van der Waals surface area contributed by atoms with E-state index in [1.807, 2.05) is 19.1 Å². The molecule has 0 radical (unpaired) electrons. The summed E-state index contributed by atoms with van der Waals surface area (Å²) in [6, 6.07) is 10.5. The molecule has 2 rings (SSSR count). The monoisotopic (exact) mass is 405 g/mol. The van der Waals surface area contributed by atoms with E-state index in [1.54, 1.807) is 43.3 Å². The first kappa shape index (κ1) is 21.5. The smallest absolute Gasteiger partial charge is 0.238 e. The number of halogens is 1. The van der Waals surface area contributed by atoms with E-state index in [2.05, 4.69) is 10.6 Å². The second-order valence-electron chi connectivity index (χ2n) is 6.32. The molecule has 0 saturated heterocycles. The Morgan fingerprint density at radius 2 is 1.43 bits per heavy atom. The Hall–Kier alpha value is -2.77. The van der Waals surface area contributed by atoms with Crippen LogP contribution in [0.25, 0.3) is 0 Å². The average Bonchev–Trinajstić information content (AvgIpc) is 2.61. The number of carbonyl (C=O) groups is 2. The van der Waals surface area contributed by atoms with Crippen molar-refractivity contribution in [1.29, 1.82) is 0 Å². The maximum absolute atomic E-state index is 12.3. The van der Waals surface area contributed by atoms with Gasteiger partial charge in [-0.05, 0) is 49.9 Å². The minimum Gasteiger partial charge on any atom is -0.495 e. The summed E-state index contributed by atoms with van der Waals surface area (Å²) in [6.07, 6.45) is 0. The number of nitrogens with zero attached hydrogens (tertiary/aromatic N) is 1. The lowest BCUT2D eigenvalue weighted by Crippen LogP contribution is -2.36. The third-order valence-electron chi connectivity index (χ3n) is 3.89. The molecule has 150 valence electrons. The van der Waals surface area contributed by atoms with E-state index < -0.39 is 0 Å². The van der Waals surface area contributed by atoms with Crippen molar-refractivity contribution in [3.05, 3.63) is 47.0 Å². The van der Waals surface area contributed by atoms with E-state index >= 15 is 0 Å². The van der Waals surface area contributed by atoms with Crippen LogP contribution >= 0.6 is 11.6 Å². The molecule has 0 unspecified atom stereocenters. The van der Waals surface area contributed by atoms with E-state index in [9.17, 15) is 9.59 Å². The van der Waals surface area contributed by atoms with Gasteiger partial charge in [-0.3, -0.25) is 14.5 Å². The van der Waals surface area contributed by atoms with Gasteiger partial charge in [0, 0.05) is 5.02 Å². The summed E-state index contributed by atoms with van der Waals surface area (Å²) in [5.41, 5.74) is 2.07. The predicted octanol–water partition coefficient (Wildman–Crippen LogP) is 3.17. The molecule has 7 nitrogen and oxygen atoms in total. The maximum Gasteiger partial charge on any atom is 0.238 e. The molecule has 0 aromatic heterocycles. The fourth-order valence-corrected chi connectivity index (χ4v) is 2.80. The normalized spacial score (nSPS) is 10.5. The van der Waals surface area contributed by atoms with Crippen molar-refractivity contribution in [2.45, 2.75) is 6.92 Å². The van der Waals surface area contributed by atoms with Crippen LogP contribution in [0.15, 0.2) is 36.4 Å². The highest BCUT2D eigenvalue weighted by Crippen LogP contribution is 2.27. The Morgan fingerprint density at radius 1 is 0.929 bits per heavy atom. The van der Waals surface area contributed by atoms with Gasteiger partial charge >= 0.3 is 0 Å². The summed E-state index contributed by atoms with van der Waals surface area (Å²) in [7, 11) is 4.73. The van der Waals surface area contributed by atoms with Crippen LogP contribution < -0.4 is 20.1 Å². The number of hydrogen-bond acceptors (Lipinski definition) is 5. The number of methoxy groups -OCH3 is 2. The summed E-state index contributed by atoms with van der Waals surface area (Å²) >= 11 is 5.96. The lowest BCUT2D eigenvalue weighted by Gasteiger charge is -2.17. The van der Waals surface area contributed by atoms with Crippen LogP contribution in [-0.2, 0) is 9.59 Å². The number of amides is 2. The van der Waals surface area contributed by atoms with Crippen molar-refractivity contribution < 1.29 is 19.1 Å². The van der Waals surface area contributed by atoms with Gasteiger partial charge in [0.05, 0.1) is 38.7 Å². The highest BCUT2D eigenvalue weighted by Gasteiger charge is 2.14. The van der Waals surface area contributed by atoms with Crippen molar-refractivity contribution in [3.8, 4) is 11.5 Å². The topological polar surface area (TPSA) is 79.9 Å². The molecule has 0 spiro atoms. The van der Waals surface area contributed by atoms with E-state index in [1.165, 1.54) is 7.11 Å². The molecule has 0 aliphatic rings. The standard InChI is InChI=1S/C20H24ClN3O4/c1-13-5-7-17(27-3)15(9-13)22-19(25)11-24(2)12-20(26)23-16-10-14(21)6-8-18(16)28-4/h5-10H,11-12H2,1-4H3,(H,22,25)(H,23,26). The highest BCUT2D eigenvalue weighted by molar-refractivity contribution is 6.31. The number of likely N-dealkylation sites (N-methyl/N-ethyl adjacent to an activating group) is 1. The second kappa shape index (κ2) is 9.96. The molecule has 2 N–H and O–H groups in total. The minimum atomic E-state index is -0.288. The van der Waals surface area contributed by atoms with Crippen LogP contribution in [0.5, 0.6) is 11.5 Å². The number of anilines is 2. The fourth-order valence-electron chi connectivity index (χ4n) is 2.62. The fraction of sp³-hybridized carbons (Fsp3) is 0.300. The average molecular weight is 406 g/mol. The number of ether oxygens (including phenoxy) is 2. The van der Waals surface area contributed by atoms with Crippen LogP contribution in [0.3, 0.4) is 0 Å². The van der Waals surface area contributed by atoms with Crippen LogP contribution in [-0.4, -0.2) is 51.1 Å². The Bertz CT molecular complexity index is 788. The first-order valence-corrected chi connectivity index (χ1v) is 8.96. The van der Waals surface area contributed by atoms with Gasteiger partial charge < -0.3 is 20.1 Å². The maximum atomic E-state index is 12.3. The van der Waals surface area contributed by atoms with E-state index in [0.29, 0.717) is 27.9 Å². The summed E-state index contributed by atoms with van der Waals surface area (Å²) in [6.45, 7) is 1.99. The van der Waals surface area contributed by atoms with Gasteiger partial charge in [-0.1, -0.05) is 17.7 Å². The lowest BCUT2D eigenvalue weighted by molar-refractivity contribution is -0.119. The number of benzene rings is 2. The molecule has 2 amide bonds. The van der Waals surface area contributed by atoms with Crippen molar-refractivity contribution >= 4 is 34.8 Å². The molecule has 8 heteroatoms. The zero-order valence-electron chi connectivity index (χ0n) is 16.3. The summed E-state index contributed by atoms with van der Waals surface area (Å²) in [5.74, 6) is 0.542. The van der Waals surface area contributed by atoms with Gasteiger partial charge in [0.15, 0.2) is 0 Å². The summed E-state index contributed by atoms with van der Waals surface area (Å²) < 4.78 is 10.5. The van der Waals surface area contributed by atoms with Crippen LogP contribution in [0.2, 0.25) is 5.02 Å². The molecule has 0 heterocycles. The minimum absolute atomic E-state index is 0.0219. The molecule has 2 aromatic rings. The summed E-state index contributed by atoms with van der Waals surface area (Å²) in [5, 5.41) is 6.03. The Kier molecular flexibility index (Phi) is 7.66. The van der Waals surface area contributed by atoms with Gasteiger partial charge in [-0.15, -0.1) is 0 Å². The van der Waals surface area contributed by atoms with Gasteiger partial charge in [-0.25, -0.2) is 0 Å². The third-order valence-corrected chi connectivity index (χ3v) is 4.13. The van der Waals surface area contributed by atoms with E-state index in [-0.39, 0.29) is 24.9 Å². The molecule has 0 aliphatic heterocycles. The highest BCUT2D eigenvalue weighted by atomic mass is 35.5. The molecule has 0 saturated carbocycles. The van der Waals surface area contributed by atoms with Gasteiger partial charge in [0.2, 0.25) is 11.8 Å². The van der Waals surface area contributed by atoms with Crippen molar-refractivity contribution in [2.75, 3.05) is 45.0 Å².